The second-order valence-corrected chi connectivity index (χ2v) is 6.55. The number of hydrogen-bond acceptors (Lipinski definition) is 3. The van der Waals surface area contributed by atoms with E-state index in [0.29, 0.717) is 6.54 Å². The van der Waals surface area contributed by atoms with Gasteiger partial charge in [-0.3, -0.25) is 0 Å². The van der Waals surface area contributed by atoms with Gasteiger partial charge in [0.2, 0.25) is 10.0 Å². The molecule has 2 aromatic rings. The number of aromatic amines is 1. The van der Waals surface area contributed by atoms with E-state index in [-0.39, 0.29) is 6.04 Å². The maximum Gasteiger partial charge on any atom is 0.209 e. The molecule has 19 heavy (non-hydrogen) atoms. The molecule has 1 aromatic carbocycles. The normalized spacial score (nSPS) is 13.8. The molecule has 104 valence electrons. The summed E-state index contributed by atoms with van der Waals surface area (Å²) < 4.78 is 25.1. The molecule has 0 radical (unpaired) electrons. The van der Waals surface area contributed by atoms with E-state index in [1.54, 1.807) is 0 Å². The van der Waals surface area contributed by atoms with Crippen molar-refractivity contribution in [2.45, 2.75) is 19.4 Å². The lowest BCUT2D eigenvalue weighted by Gasteiger charge is -2.13. The van der Waals surface area contributed by atoms with Crippen LogP contribution in [0.4, 0.5) is 0 Å². The van der Waals surface area contributed by atoms with Crippen molar-refractivity contribution in [3.63, 3.8) is 0 Å². The minimum Gasteiger partial charge on any atom is -0.361 e. The summed E-state index contributed by atoms with van der Waals surface area (Å²) in [4.78, 5) is 3.19. The van der Waals surface area contributed by atoms with E-state index in [0.717, 1.165) is 34.7 Å². The second kappa shape index (κ2) is 5.32. The van der Waals surface area contributed by atoms with Gasteiger partial charge >= 0.3 is 0 Å². The molecule has 0 bridgehead atoms. The predicted molar refractivity (Wildman–Crippen MR) is 77.5 cm³/mol. The molecule has 0 fully saturated rings. The molecule has 6 heteroatoms. The van der Waals surface area contributed by atoms with Crippen LogP contribution in [-0.2, 0) is 16.4 Å². The molecule has 0 spiro atoms. The first-order chi connectivity index (χ1) is 8.90. The lowest BCUT2D eigenvalue weighted by Crippen LogP contribution is -2.25. The SMILES string of the molecule is CC(NS(C)(=O)=O)c1ccc2[nH]cc(CCN)c2c1. The monoisotopic (exact) mass is 281 g/mol. The van der Waals surface area contributed by atoms with Crippen LogP contribution in [0.25, 0.3) is 10.9 Å². The van der Waals surface area contributed by atoms with Gasteiger partial charge in [-0.2, -0.15) is 0 Å². The molecular weight excluding hydrogens is 262 g/mol. The van der Waals surface area contributed by atoms with Crippen molar-refractivity contribution in [3.05, 3.63) is 35.5 Å². The largest absolute Gasteiger partial charge is 0.361 e. The molecule has 5 nitrogen and oxygen atoms in total. The molecule has 4 N–H and O–H groups in total. The Hall–Kier alpha value is -1.37. The fourth-order valence-electron chi connectivity index (χ4n) is 2.22. The van der Waals surface area contributed by atoms with Crippen molar-refractivity contribution in [2.24, 2.45) is 5.73 Å². The highest BCUT2D eigenvalue weighted by atomic mass is 32.2. The summed E-state index contributed by atoms with van der Waals surface area (Å²) in [6.07, 6.45) is 3.92. The Morgan fingerprint density at radius 1 is 1.42 bits per heavy atom. The Morgan fingerprint density at radius 3 is 2.79 bits per heavy atom. The van der Waals surface area contributed by atoms with Crippen LogP contribution >= 0.6 is 0 Å². The molecule has 0 aliphatic heterocycles. The zero-order chi connectivity index (χ0) is 14.0. The number of nitrogens with one attached hydrogen (secondary N) is 2. The zero-order valence-corrected chi connectivity index (χ0v) is 11.9. The van der Waals surface area contributed by atoms with E-state index in [9.17, 15) is 8.42 Å². The fourth-order valence-corrected chi connectivity index (χ4v) is 3.00. The molecule has 0 saturated carbocycles. The van der Waals surface area contributed by atoms with Crippen molar-refractivity contribution in [3.8, 4) is 0 Å². The van der Waals surface area contributed by atoms with Gasteiger partial charge in [0.15, 0.2) is 0 Å². The van der Waals surface area contributed by atoms with Crippen LogP contribution in [0.2, 0.25) is 0 Å². The third kappa shape index (κ3) is 3.34. The highest BCUT2D eigenvalue weighted by Gasteiger charge is 2.12. The summed E-state index contributed by atoms with van der Waals surface area (Å²) in [7, 11) is -3.21. The van der Waals surface area contributed by atoms with Gasteiger partial charge in [-0.25, -0.2) is 13.1 Å². The van der Waals surface area contributed by atoms with Gasteiger partial charge in [0.25, 0.3) is 0 Å². The molecule has 1 atom stereocenters. The number of rotatable bonds is 5. The first-order valence-electron chi connectivity index (χ1n) is 6.18. The van der Waals surface area contributed by atoms with Crippen LogP contribution in [0.3, 0.4) is 0 Å². The van der Waals surface area contributed by atoms with E-state index in [2.05, 4.69) is 9.71 Å². The van der Waals surface area contributed by atoms with Crippen molar-refractivity contribution >= 4 is 20.9 Å². The summed E-state index contributed by atoms with van der Waals surface area (Å²) in [5, 5.41) is 1.10. The molecule has 2 rings (SSSR count). The average molecular weight is 281 g/mol. The minimum atomic E-state index is -3.21. The molecular formula is C13H19N3O2S. The van der Waals surface area contributed by atoms with Gasteiger partial charge in [-0.05, 0) is 43.1 Å². The highest BCUT2D eigenvalue weighted by molar-refractivity contribution is 7.88. The molecule has 1 heterocycles. The van der Waals surface area contributed by atoms with Gasteiger partial charge in [0, 0.05) is 23.1 Å². The van der Waals surface area contributed by atoms with Crippen LogP contribution in [0.5, 0.6) is 0 Å². The van der Waals surface area contributed by atoms with Gasteiger partial charge in [0.05, 0.1) is 6.26 Å². The highest BCUT2D eigenvalue weighted by Crippen LogP contribution is 2.23. The van der Waals surface area contributed by atoms with Gasteiger partial charge in [0.1, 0.15) is 0 Å². The summed E-state index contributed by atoms with van der Waals surface area (Å²) >= 11 is 0. The lowest BCUT2D eigenvalue weighted by molar-refractivity contribution is 0.573. The van der Waals surface area contributed by atoms with Crippen LogP contribution < -0.4 is 10.5 Å². The number of aromatic nitrogens is 1. The quantitative estimate of drug-likeness (QED) is 0.771. The van der Waals surface area contributed by atoms with Crippen molar-refractivity contribution < 1.29 is 8.42 Å². The van der Waals surface area contributed by atoms with Gasteiger partial charge in [-0.15, -0.1) is 0 Å². The second-order valence-electron chi connectivity index (χ2n) is 4.77. The zero-order valence-electron chi connectivity index (χ0n) is 11.1. The van der Waals surface area contributed by atoms with Gasteiger partial charge < -0.3 is 10.7 Å². The number of sulfonamides is 1. The number of H-pyrrole nitrogens is 1. The first kappa shape index (κ1) is 14.0. The Bertz CT molecular complexity index is 676. The maximum atomic E-state index is 11.3. The minimum absolute atomic E-state index is 0.250. The molecule has 0 aliphatic carbocycles. The average Bonchev–Trinajstić information content (AvgIpc) is 2.70. The lowest BCUT2D eigenvalue weighted by atomic mass is 10.0. The van der Waals surface area contributed by atoms with Crippen molar-refractivity contribution in [1.82, 2.24) is 9.71 Å². The van der Waals surface area contributed by atoms with E-state index in [4.69, 9.17) is 5.73 Å². The Balaban J connectivity index is 2.37. The summed E-state index contributed by atoms with van der Waals surface area (Å²) in [6.45, 7) is 2.42. The standard InChI is InChI=1S/C13H19N3O2S/c1-9(16-19(2,17)18)10-3-4-13-12(7-10)11(5-6-14)8-15-13/h3-4,7-9,15-16H,5-6,14H2,1-2H3. The van der Waals surface area contributed by atoms with E-state index < -0.39 is 10.0 Å². The maximum absolute atomic E-state index is 11.3. The third-order valence-electron chi connectivity index (χ3n) is 3.10. The fraction of sp³-hybridized carbons (Fsp3) is 0.385. The number of hydrogen-bond donors (Lipinski definition) is 3. The Morgan fingerprint density at radius 2 is 2.16 bits per heavy atom. The molecule has 0 amide bonds. The van der Waals surface area contributed by atoms with Crippen molar-refractivity contribution in [1.29, 1.82) is 0 Å². The van der Waals surface area contributed by atoms with Crippen LogP contribution in [0, 0.1) is 0 Å². The number of benzene rings is 1. The third-order valence-corrected chi connectivity index (χ3v) is 3.88. The predicted octanol–water partition coefficient (Wildman–Crippen LogP) is 1.28. The topological polar surface area (TPSA) is 88.0 Å². The molecule has 0 saturated heterocycles. The Kier molecular flexibility index (Phi) is 3.93. The van der Waals surface area contributed by atoms with Gasteiger partial charge in [-0.1, -0.05) is 6.07 Å². The van der Waals surface area contributed by atoms with Crippen molar-refractivity contribution in [2.75, 3.05) is 12.8 Å². The van der Waals surface area contributed by atoms with E-state index >= 15 is 0 Å². The summed E-state index contributed by atoms with van der Waals surface area (Å²) in [5.41, 5.74) is 8.73. The smallest absolute Gasteiger partial charge is 0.209 e. The summed E-state index contributed by atoms with van der Waals surface area (Å²) in [5.74, 6) is 0. The van der Waals surface area contributed by atoms with Crippen LogP contribution in [0.15, 0.2) is 24.4 Å². The number of nitrogens with two attached hydrogens (primary N) is 1. The van der Waals surface area contributed by atoms with Crippen LogP contribution in [-0.4, -0.2) is 26.2 Å². The summed E-state index contributed by atoms with van der Waals surface area (Å²) in [6, 6.07) is 5.65. The Labute approximate surface area is 113 Å². The molecule has 1 unspecified atom stereocenters. The van der Waals surface area contributed by atoms with Crippen LogP contribution in [0.1, 0.15) is 24.1 Å². The number of fused-ring (bicyclic) bond motifs is 1. The van der Waals surface area contributed by atoms with E-state index in [1.807, 2.05) is 31.3 Å². The molecule has 0 aliphatic rings. The molecule has 1 aromatic heterocycles. The first-order valence-corrected chi connectivity index (χ1v) is 8.07. The van der Waals surface area contributed by atoms with E-state index in [1.165, 1.54) is 0 Å².